The Morgan fingerprint density at radius 3 is 3.10 bits per heavy atom. The molecule has 0 fully saturated rings. The minimum atomic E-state index is -0.270. The Labute approximate surface area is 116 Å². The summed E-state index contributed by atoms with van der Waals surface area (Å²) in [5, 5.41) is 10.0. The smallest absolute Gasteiger partial charge is 0.276 e. The summed E-state index contributed by atoms with van der Waals surface area (Å²) >= 11 is 0. The Bertz CT molecular complexity index is 599. The van der Waals surface area contributed by atoms with Gasteiger partial charge in [-0.2, -0.15) is 5.10 Å². The summed E-state index contributed by atoms with van der Waals surface area (Å²) in [4.78, 5) is 16.2. The zero-order valence-electron chi connectivity index (χ0n) is 11.1. The van der Waals surface area contributed by atoms with Crippen LogP contribution in [0.1, 0.15) is 17.4 Å². The van der Waals surface area contributed by atoms with Gasteiger partial charge in [0.1, 0.15) is 12.4 Å². The molecule has 7 nitrogen and oxygen atoms in total. The summed E-state index contributed by atoms with van der Waals surface area (Å²) in [5.41, 5.74) is 0.973. The maximum Gasteiger partial charge on any atom is 0.276 e. The van der Waals surface area contributed by atoms with E-state index in [4.69, 9.17) is 4.74 Å². The first-order valence-corrected chi connectivity index (χ1v) is 6.48. The lowest BCUT2D eigenvalue weighted by atomic mass is 10.3. The van der Waals surface area contributed by atoms with Gasteiger partial charge < -0.3 is 15.4 Å². The predicted octanol–water partition coefficient (Wildman–Crippen LogP) is 1.35. The molecule has 3 heterocycles. The van der Waals surface area contributed by atoms with Gasteiger partial charge in [0.25, 0.3) is 5.91 Å². The van der Waals surface area contributed by atoms with Crippen LogP contribution in [0.5, 0.6) is 5.88 Å². The van der Waals surface area contributed by atoms with Crippen molar-refractivity contribution in [3.05, 3.63) is 30.1 Å². The standard InChI is InChI=1S/C13H15N5O2/c1-2-14-11-4-3-9(8-15-11)16-13(19)10-7-12-18(17-10)5-6-20-12/h3-4,7-8H,2,5-6H2,1H3,(H,14,15)(H,16,19). The van der Waals surface area contributed by atoms with Crippen molar-refractivity contribution in [2.75, 3.05) is 23.8 Å². The summed E-state index contributed by atoms with van der Waals surface area (Å²) in [7, 11) is 0. The van der Waals surface area contributed by atoms with Crippen LogP contribution >= 0.6 is 0 Å². The van der Waals surface area contributed by atoms with Gasteiger partial charge in [-0.3, -0.25) is 4.79 Å². The molecule has 0 spiro atoms. The van der Waals surface area contributed by atoms with E-state index in [0.29, 0.717) is 30.4 Å². The summed E-state index contributed by atoms with van der Waals surface area (Å²) < 4.78 is 7.00. The molecule has 0 saturated heterocycles. The molecule has 1 aliphatic rings. The molecule has 2 aromatic heterocycles. The third-order valence-corrected chi connectivity index (χ3v) is 2.91. The average molecular weight is 273 g/mol. The maximum absolute atomic E-state index is 12.0. The molecule has 0 unspecified atom stereocenters. The molecule has 0 saturated carbocycles. The van der Waals surface area contributed by atoms with Crippen LogP contribution in [0.4, 0.5) is 11.5 Å². The molecule has 20 heavy (non-hydrogen) atoms. The second kappa shape index (κ2) is 5.20. The molecule has 104 valence electrons. The van der Waals surface area contributed by atoms with E-state index in [-0.39, 0.29) is 5.91 Å². The Kier molecular flexibility index (Phi) is 3.24. The number of nitrogens with one attached hydrogen (secondary N) is 2. The molecule has 1 amide bonds. The first-order chi connectivity index (χ1) is 9.76. The van der Waals surface area contributed by atoms with Crippen LogP contribution < -0.4 is 15.4 Å². The predicted molar refractivity (Wildman–Crippen MR) is 74.1 cm³/mol. The van der Waals surface area contributed by atoms with E-state index in [2.05, 4.69) is 20.7 Å². The van der Waals surface area contributed by atoms with E-state index in [1.165, 1.54) is 0 Å². The molecular weight excluding hydrogens is 258 g/mol. The van der Waals surface area contributed by atoms with E-state index in [0.717, 1.165) is 12.4 Å². The van der Waals surface area contributed by atoms with Crippen molar-refractivity contribution in [3.63, 3.8) is 0 Å². The van der Waals surface area contributed by atoms with Gasteiger partial charge in [0.15, 0.2) is 5.69 Å². The number of rotatable bonds is 4. The summed E-state index contributed by atoms with van der Waals surface area (Å²) in [5.74, 6) is 1.14. The zero-order valence-corrected chi connectivity index (χ0v) is 11.1. The van der Waals surface area contributed by atoms with Gasteiger partial charge in [-0.1, -0.05) is 0 Å². The number of hydrogen-bond acceptors (Lipinski definition) is 5. The van der Waals surface area contributed by atoms with Gasteiger partial charge in [0.05, 0.1) is 18.4 Å². The van der Waals surface area contributed by atoms with Crippen molar-refractivity contribution >= 4 is 17.4 Å². The molecular formula is C13H15N5O2. The lowest BCUT2D eigenvalue weighted by molar-refractivity contribution is 0.102. The minimum absolute atomic E-state index is 0.270. The summed E-state index contributed by atoms with van der Waals surface area (Å²) in [6, 6.07) is 5.25. The number of ether oxygens (including phenoxy) is 1. The number of amides is 1. The molecule has 0 atom stereocenters. The van der Waals surface area contributed by atoms with Gasteiger partial charge in [0, 0.05) is 12.6 Å². The molecule has 0 bridgehead atoms. The van der Waals surface area contributed by atoms with Crippen LogP contribution in [0.25, 0.3) is 0 Å². The number of carbonyl (C=O) groups excluding carboxylic acids is 1. The van der Waals surface area contributed by atoms with E-state index in [1.807, 2.05) is 13.0 Å². The quantitative estimate of drug-likeness (QED) is 0.879. The van der Waals surface area contributed by atoms with Crippen molar-refractivity contribution in [1.29, 1.82) is 0 Å². The minimum Gasteiger partial charge on any atom is -0.476 e. The Morgan fingerprint density at radius 2 is 2.40 bits per heavy atom. The number of aromatic nitrogens is 3. The molecule has 1 aliphatic heterocycles. The molecule has 2 N–H and O–H groups in total. The van der Waals surface area contributed by atoms with Crippen LogP contribution in [0, 0.1) is 0 Å². The highest BCUT2D eigenvalue weighted by Crippen LogP contribution is 2.19. The highest BCUT2D eigenvalue weighted by atomic mass is 16.5. The van der Waals surface area contributed by atoms with Crippen molar-refractivity contribution in [2.45, 2.75) is 13.5 Å². The highest BCUT2D eigenvalue weighted by Gasteiger charge is 2.19. The van der Waals surface area contributed by atoms with Gasteiger partial charge in [-0.25, -0.2) is 9.67 Å². The maximum atomic E-state index is 12.0. The van der Waals surface area contributed by atoms with Crippen LogP contribution in [0.3, 0.4) is 0 Å². The number of pyridine rings is 1. The van der Waals surface area contributed by atoms with E-state index in [1.54, 1.807) is 23.0 Å². The van der Waals surface area contributed by atoms with Crippen LogP contribution in [-0.2, 0) is 6.54 Å². The molecule has 0 aliphatic carbocycles. The first-order valence-electron chi connectivity index (χ1n) is 6.48. The highest BCUT2D eigenvalue weighted by molar-refractivity contribution is 6.03. The van der Waals surface area contributed by atoms with Crippen LogP contribution in [0.2, 0.25) is 0 Å². The Hall–Kier alpha value is -2.57. The fourth-order valence-electron chi connectivity index (χ4n) is 1.97. The normalized spacial score (nSPS) is 12.7. The van der Waals surface area contributed by atoms with Gasteiger partial charge in [-0.05, 0) is 19.1 Å². The Morgan fingerprint density at radius 1 is 1.50 bits per heavy atom. The van der Waals surface area contributed by atoms with Gasteiger partial charge in [0.2, 0.25) is 5.88 Å². The SMILES string of the molecule is CCNc1ccc(NC(=O)c2cc3n(n2)CCO3)cn1. The molecule has 3 rings (SSSR count). The number of anilines is 2. The van der Waals surface area contributed by atoms with Crippen molar-refractivity contribution in [3.8, 4) is 5.88 Å². The fourth-order valence-corrected chi connectivity index (χ4v) is 1.97. The van der Waals surface area contributed by atoms with Gasteiger partial charge in [-0.15, -0.1) is 0 Å². The number of hydrogen-bond donors (Lipinski definition) is 2. The second-order valence-electron chi connectivity index (χ2n) is 4.36. The van der Waals surface area contributed by atoms with Crippen LogP contribution in [0.15, 0.2) is 24.4 Å². The molecule has 0 radical (unpaired) electrons. The topological polar surface area (TPSA) is 81.1 Å². The number of nitrogens with zero attached hydrogens (tertiary/aromatic N) is 3. The summed E-state index contributed by atoms with van der Waals surface area (Å²) in [6.45, 7) is 4.10. The molecule has 2 aromatic rings. The lowest BCUT2D eigenvalue weighted by Crippen LogP contribution is -2.14. The van der Waals surface area contributed by atoms with Crippen LogP contribution in [-0.4, -0.2) is 33.8 Å². The van der Waals surface area contributed by atoms with E-state index in [9.17, 15) is 4.79 Å². The van der Waals surface area contributed by atoms with E-state index >= 15 is 0 Å². The fraction of sp³-hybridized carbons (Fsp3) is 0.308. The van der Waals surface area contributed by atoms with E-state index < -0.39 is 0 Å². The average Bonchev–Trinajstić information content (AvgIpc) is 3.02. The molecule has 7 heteroatoms. The lowest BCUT2D eigenvalue weighted by Gasteiger charge is -2.05. The zero-order chi connectivity index (χ0) is 13.9. The van der Waals surface area contributed by atoms with Crippen molar-refractivity contribution in [1.82, 2.24) is 14.8 Å². The molecule has 0 aromatic carbocycles. The second-order valence-corrected chi connectivity index (χ2v) is 4.36. The number of fused-ring (bicyclic) bond motifs is 1. The monoisotopic (exact) mass is 273 g/mol. The third-order valence-electron chi connectivity index (χ3n) is 2.91. The van der Waals surface area contributed by atoms with Crippen molar-refractivity contribution in [2.24, 2.45) is 0 Å². The first kappa shape index (κ1) is 12.5. The summed E-state index contributed by atoms with van der Waals surface area (Å²) in [6.07, 6.45) is 1.61. The third kappa shape index (κ3) is 2.42. The largest absolute Gasteiger partial charge is 0.476 e. The van der Waals surface area contributed by atoms with Gasteiger partial charge >= 0.3 is 0 Å². The Balaban J connectivity index is 1.68. The van der Waals surface area contributed by atoms with Crippen molar-refractivity contribution < 1.29 is 9.53 Å². The number of carbonyl (C=O) groups is 1.